The highest BCUT2D eigenvalue weighted by atomic mass is 35.5. The monoisotopic (exact) mass is 285 g/mol. The average Bonchev–Trinajstić information content (AvgIpc) is 2.88. The predicted molar refractivity (Wildman–Crippen MR) is 71.7 cm³/mol. The molecule has 1 aromatic rings. The van der Waals surface area contributed by atoms with Crippen LogP contribution in [0.4, 0.5) is 4.39 Å². The Kier molecular flexibility index (Phi) is 4.77. The summed E-state index contributed by atoms with van der Waals surface area (Å²) in [7, 11) is 0. The molecular formula is C14H17ClFNO2. The van der Waals surface area contributed by atoms with Crippen molar-refractivity contribution in [3.8, 4) is 0 Å². The zero-order valence-electron chi connectivity index (χ0n) is 10.8. The van der Waals surface area contributed by atoms with E-state index in [0.29, 0.717) is 0 Å². The first-order chi connectivity index (χ1) is 9.08. The van der Waals surface area contributed by atoms with Crippen LogP contribution in [0.25, 0.3) is 0 Å². The first kappa shape index (κ1) is 14.3. The minimum atomic E-state index is -0.451. The molecule has 1 aromatic carbocycles. The minimum absolute atomic E-state index is 0.0530. The zero-order chi connectivity index (χ0) is 13.8. The molecule has 0 radical (unpaired) electrons. The Morgan fingerprint density at radius 2 is 2.42 bits per heavy atom. The van der Waals surface area contributed by atoms with Gasteiger partial charge in [-0.2, -0.15) is 0 Å². The van der Waals surface area contributed by atoms with Crippen molar-refractivity contribution in [1.82, 2.24) is 5.32 Å². The van der Waals surface area contributed by atoms with Crippen LogP contribution in [0.5, 0.6) is 0 Å². The van der Waals surface area contributed by atoms with Gasteiger partial charge < -0.3 is 10.1 Å². The maximum atomic E-state index is 13.6. The van der Waals surface area contributed by atoms with E-state index in [1.54, 1.807) is 6.07 Å². The Labute approximate surface area is 117 Å². The highest BCUT2D eigenvalue weighted by Gasteiger charge is 2.24. The van der Waals surface area contributed by atoms with Gasteiger partial charge in [0.15, 0.2) is 0 Å². The number of halogens is 2. The molecule has 1 aliphatic heterocycles. The van der Waals surface area contributed by atoms with E-state index < -0.39 is 5.82 Å². The molecule has 1 saturated heterocycles. The van der Waals surface area contributed by atoms with Crippen molar-refractivity contribution in [2.45, 2.75) is 38.3 Å². The molecular weight excluding hydrogens is 269 g/mol. The van der Waals surface area contributed by atoms with Gasteiger partial charge in [0.2, 0.25) is 5.91 Å². The first-order valence-electron chi connectivity index (χ1n) is 6.42. The molecule has 0 aliphatic carbocycles. The van der Waals surface area contributed by atoms with Gasteiger partial charge in [-0.1, -0.05) is 17.7 Å². The van der Waals surface area contributed by atoms with Crippen LogP contribution >= 0.6 is 11.6 Å². The van der Waals surface area contributed by atoms with Crippen molar-refractivity contribution < 1.29 is 13.9 Å². The number of nitrogens with one attached hydrogen (secondary N) is 1. The fourth-order valence-electron chi connectivity index (χ4n) is 2.26. The van der Waals surface area contributed by atoms with Crippen molar-refractivity contribution in [2.75, 3.05) is 6.61 Å². The van der Waals surface area contributed by atoms with E-state index in [1.165, 1.54) is 12.1 Å². The van der Waals surface area contributed by atoms with Gasteiger partial charge in [-0.15, -0.1) is 0 Å². The third-order valence-corrected chi connectivity index (χ3v) is 3.66. The first-order valence-corrected chi connectivity index (χ1v) is 6.79. The van der Waals surface area contributed by atoms with Crippen LogP contribution in [0.3, 0.4) is 0 Å². The molecule has 3 nitrogen and oxygen atoms in total. The Hall–Kier alpha value is -1.13. The van der Waals surface area contributed by atoms with E-state index in [4.69, 9.17) is 16.3 Å². The summed E-state index contributed by atoms with van der Waals surface area (Å²) >= 11 is 5.89. The number of carbonyl (C=O) groups excluding carboxylic acids is 1. The molecule has 1 N–H and O–H groups in total. The van der Waals surface area contributed by atoms with E-state index in [-0.39, 0.29) is 35.1 Å². The number of carbonyl (C=O) groups is 1. The predicted octanol–water partition coefficient (Wildman–Crippen LogP) is 2.71. The van der Waals surface area contributed by atoms with Crippen LogP contribution in [0.2, 0.25) is 5.02 Å². The normalized spacial score (nSPS) is 20.3. The van der Waals surface area contributed by atoms with Crippen molar-refractivity contribution in [2.24, 2.45) is 0 Å². The number of amides is 1. The lowest BCUT2D eigenvalue weighted by Crippen LogP contribution is -2.41. The summed E-state index contributed by atoms with van der Waals surface area (Å²) in [5.41, 5.74) is 0.237. The molecule has 2 atom stereocenters. The van der Waals surface area contributed by atoms with E-state index >= 15 is 0 Å². The van der Waals surface area contributed by atoms with Gasteiger partial charge in [0, 0.05) is 17.2 Å². The summed E-state index contributed by atoms with van der Waals surface area (Å²) in [5.74, 6) is -0.692. The molecule has 104 valence electrons. The SMILES string of the molecule is C[C@@H](NC(=O)Cc1c(F)cccc1Cl)[C@H]1CCCO1. The van der Waals surface area contributed by atoms with Crippen LogP contribution in [0, 0.1) is 5.82 Å². The second-order valence-electron chi connectivity index (χ2n) is 4.78. The van der Waals surface area contributed by atoms with Crippen LogP contribution in [0.15, 0.2) is 18.2 Å². The number of hydrogen-bond acceptors (Lipinski definition) is 2. The van der Waals surface area contributed by atoms with Crippen LogP contribution in [0.1, 0.15) is 25.3 Å². The summed E-state index contributed by atoms with van der Waals surface area (Å²) in [6.45, 7) is 2.64. The van der Waals surface area contributed by atoms with Crippen molar-refractivity contribution >= 4 is 17.5 Å². The molecule has 0 saturated carbocycles. The van der Waals surface area contributed by atoms with Gasteiger partial charge in [-0.3, -0.25) is 4.79 Å². The smallest absolute Gasteiger partial charge is 0.224 e. The largest absolute Gasteiger partial charge is 0.376 e. The number of benzene rings is 1. The van der Waals surface area contributed by atoms with Crippen molar-refractivity contribution in [3.05, 3.63) is 34.6 Å². The van der Waals surface area contributed by atoms with E-state index in [1.807, 2.05) is 6.92 Å². The lowest BCUT2D eigenvalue weighted by Gasteiger charge is -2.20. The molecule has 1 fully saturated rings. The standard InChI is InChI=1S/C14H17ClFNO2/c1-9(13-6-3-7-19-13)17-14(18)8-10-11(15)4-2-5-12(10)16/h2,4-5,9,13H,3,6-8H2,1H3,(H,17,18)/t9-,13-/m1/s1. The minimum Gasteiger partial charge on any atom is -0.376 e. The Bertz CT molecular complexity index is 441. The van der Waals surface area contributed by atoms with E-state index in [2.05, 4.69) is 5.32 Å². The third-order valence-electron chi connectivity index (χ3n) is 3.31. The molecule has 0 unspecified atom stereocenters. The fraction of sp³-hybridized carbons (Fsp3) is 0.500. The number of ether oxygens (including phenoxy) is 1. The highest BCUT2D eigenvalue weighted by Crippen LogP contribution is 2.20. The van der Waals surface area contributed by atoms with Gasteiger partial charge in [0.1, 0.15) is 5.82 Å². The van der Waals surface area contributed by atoms with Gasteiger partial charge in [-0.05, 0) is 31.9 Å². The number of rotatable bonds is 4. The molecule has 0 aromatic heterocycles. The Morgan fingerprint density at radius 1 is 1.63 bits per heavy atom. The molecule has 5 heteroatoms. The Balaban J connectivity index is 1.93. The van der Waals surface area contributed by atoms with Gasteiger partial charge in [0.25, 0.3) is 0 Å². The number of hydrogen-bond donors (Lipinski definition) is 1. The third kappa shape index (κ3) is 3.67. The Morgan fingerprint density at radius 3 is 3.05 bits per heavy atom. The maximum absolute atomic E-state index is 13.6. The second-order valence-corrected chi connectivity index (χ2v) is 5.19. The molecule has 2 rings (SSSR count). The summed E-state index contributed by atoms with van der Waals surface area (Å²) < 4.78 is 19.1. The van der Waals surface area contributed by atoms with E-state index in [9.17, 15) is 9.18 Å². The van der Waals surface area contributed by atoms with Gasteiger partial charge >= 0.3 is 0 Å². The molecule has 19 heavy (non-hydrogen) atoms. The van der Waals surface area contributed by atoms with Gasteiger partial charge in [0.05, 0.1) is 18.6 Å². The summed E-state index contributed by atoms with van der Waals surface area (Å²) in [5, 5.41) is 3.11. The van der Waals surface area contributed by atoms with Crippen LogP contribution in [-0.2, 0) is 16.0 Å². The second kappa shape index (κ2) is 6.35. The van der Waals surface area contributed by atoms with Crippen LogP contribution in [-0.4, -0.2) is 24.7 Å². The molecule has 1 heterocycles. The zero-order valence-corrected chi connectivity index (χ0v) is 11.5. The average molecular weight is 286 g/mol. The summed E-state index contributed by atoms with van der Waals surface area (Å²) in [4.78, 5) is 11.9. The lowest BCUT2D eigenvalue weighted by molar-refractivity contribution is -0.121. The van der Waals surface area contributed by atoms with E-state index in [0.717, 1.165) is 19.4 Å². The fourth-order valence-corrected chi connectivity index (χ4v) is 2.49. The van der Waals surface area contributed by atoms with Crippen molar-refractivity contribution in [1.29, 1.82) is 0 Å². The molecule has 1 amide bonds. The van der Waals surface area contributed by atoms with Crippen molar-refractivity contribution in [3.63, 3.8) is 0 Å². The molecule has 0 spiro atoms. The lowest BCUT2D eigenvalue weighted by atomic mass is 10.1. The quantitative estimate of drug-likeness (QED) is 0.924. The van der Waals surface area contributed by atoms with Gasteiger partial charge in [-0.25, -0.2) is 4.39 Å². The summed E-state index contributed by atoms with van der Waals surface area (Å²) in [6, 6.07) is 4.34. The van der Waals surface area contributed by atoms with Crippen LogP contribution < -0.4 is 5.32 Å². The summed E-state index contributed by atoms with van der Waals surface area (Å²) in [6.07, 6.45) is 1.97. The maximum Gasteiger partial charge on any atom is 0.224 e. The topological polar surface area (TPSA) is 38.3 Å². The molecule has 1 aliphatic rings. The molecule has 0 bridgehead atoms. The highest BCUT2D eigenvalue weighted by molar-refractivity contribution is 6.31.